The molecule has 1 unspecified atom stereocenters. The number of sulfonamides is 1. The topological polar surface area (TPSA) is 79.3 Å². The Morgan fingerprint density at radius 3 is 2.43 bits per heavy atom. The van der Waals surface area contributed by atoms with Gasteiger partial charge in [-0.2, -0.15) is 0 Å². The van der Waals surface area contributed by atoms with Gasteiger partial charge in [0.05, 0.1) is 6.10 Å². The third kappa shape index (κ3) is 4.12. The number of nitrogens with one attached hydrogen (secondary N) is 1. The molecule has 0 aliphatic heterocycles. The Hall–Kier alpha value is -0.763. The second kappa shape index (κ2) is 6.16. The Bertz CT molecular complexity index is 594. The smallest absolute Gasteiger partial charge is 0.252 e. The highest BCUT2D eigenvalue weighted by molar-refractivity contribution is 7.91. The first kappa shape index (κ1) is 18.3. The lowest BCUT2D eigenvalue weighted by molar-refractivity contribution is 0.169. The summed E-state index contributed by atoms with van der Waals surface area (Å²) in [6.07, 6.45) is 1.05. The van der Waals surface area contributed by atoms with Gasteiger partial charge in [-0.05, 0) is 17.5 Å². The number of aromatic nitrogens is 1. The van der Waals surface area contributed by atoms with Gasteiger partial charge in [0.2, 0.25) is 0 Å². The lowest BCUT2D eigenvalue weighted by atomic mass is 10.1. The molecule has 0 bridgehead atoms. The molecule has 0 aromatic carbocycles. The van der Waals surface area contributed by atoms with Crippen molar-refractivity contribution in [1.82, 2.24) is 9.37 Å². The van der Waals surface area contributed by atoms with Crippen molar-refractivity contribution >= 4 is 18.3 Å². The minimum atomic E-state index is -3.75. The van der Waals surface area contributed by atoms with Crippen molar-refractivity contribution in [2.75, 3.05) is 0 Å². The van der Waals surface area contributed by atoms with Gasteiger partial charge in [-0.3, -0.25) is 0 Å². The van der Waals surface area contributed by atoms with Crippen LogP contribution in [-0.2, 0) is 10.0 Å². The number of hydrogen-bond donors (Lipinski definition) is 2. The summed E-state index contributed by atoms with van der Waals surface area (Å²) in [7, 11) is -6.00. The third-order valence-electron chi connectivity index (χ3n) is 4.07. The van der Waals surface area contributed by atoms with Crippen LogP contribution < -0.4 is 4.39 Å². The summed E-state index contributed by atoms with van der Waals surface area (Å²) >= 11 is 0. The van der Waals surface area contributed by atoms with E-state index in [1.165, 1.54) is 6.20 Å². The molecule has 0 fully saturated rings. The summed E-state index contributed by atoms with van der Waals surface area (Å²) in [6.45, 7) is 11.8. The molecule has 0 aliphatic rings. The van der Waals surface area contributed by atoms with Crippen LogP contribution in [0.2, 0.25) is 18.1 Å². The minimum absolute atomic E-state index is 0.0656. The Labute approximate surface area is 129 Å². The number of aliphatic hydroxyl groups excluding tert-OH is 1. The quantitative estimate of drug-likeness (QED) is 0.814. The number of pyridine rings is 1. The van der Waals surface area contributed by atoms with Gasteiger partial charge in [-0.25, -0.2) is 17.8 Å². The Balaban J connectivity index is 3.28. The molecule has 1 rings (SSSR count). The molecule has 1 atom stereocenters. The van der Waals surface area contributed by atoms with Crippen molar-refractivity contribution in [2.24, 2.45) is 0 Å². The summed E-state index contributed by atoms with van der Waals surface area (Å²) in [4.78, 5) is 4.00. The number of rotatable bonds is 5. The molecule has 0 spiro atoms. The molecule has 2 N–H and O–H groups in total. The molecule has 0 saturated heterocycles. The zero-order valence-corrected chi connectivity index (χ0v) is 15.5. The van der Waals surface area contributed by atoms with Crippen molar-refractivity contribution in [2.45, 2.75) is 63.4 Å². The van der Waals surface area contributed by atoms with E-state index in [0.29, 0.717) is 12.0 Å². The Morgan fingerprint density at radius 2 is 1.95 bits per heavy atom. The van der Waals surface area contributed by atoms with Crippen LogP contribution in [0.1, 0.15) is 45.8 Å². The Morgan fingerprint density at radius 1 is 1.38 bits per heavy atom. The van der Waals surface area contributed by atoms with Gasteiger partial charge in [0.25, 0.3) is 10.0 Å². The predicted octanol–water partition coefficient (Wildman–Crippen LogP) is 2.81. The van der Waals surface area contributed by atoms with E-state index in [1.54, 1.807) is 19.1 Å². The highest BCUT2D eigenvalue weighted by Crippen LogP contribution is 2.35. The lowest BCUT2D eigenvalue weighted by Crippen LogP contribution is -2.54. The molecule has 21 heavy (non-hydrogen) atoms. The van der Waals surface area contributed by atoms with Crippen LogP contribution in [0.5, 0.6) is 0 Å². The van der Waals surface area contributed by atoms with Gasteiger partial charge < -0.3 is 5.11 Å². The average molecular weight is 331 g/mol. The average Bonchev–Trinajstić information content (AvgIpc) is 2.35. The number of aliphatic hydroxyl groups is 1. The summed E-state index contributed by atoms with van der Waals surface area (Å²) in [5.41, 5.74) is 0.353. The van der Waals surface area contributed by atoms with E-state index in [2.05, 4.69) is 9.37 Å². The molecule has 1 aromatic rings. The van der Waals surface area contributed by atoms with Crippen LogP contribution in [0.25, 0.3) is 0 Å². The van der Waals surface area contributed by atoms with Crippen molar-refractivity contribution in [3.8, 4) is 0 Å². The van der Waals surface area contributed by atoms with Gasteiger partial charge >= 0.3 is 0 Å². The van der Waals surface area contributed by atoms with E-state index < -0.39 is 24.4 Å². The summed E-state index contributed by atoms with van der Waals surface area (Å²) in [5, 5.41) is 9.82. The highest BCUT2D eigenvalue weighted by Gasteiger charge is 2.40. The largest absolute Gasteiger partial charge is 0.388 e. The molecule has 120 valence electrons. The molecule has 5 nitrogen and oxygen atoms in total. The van der Waals surface area contributed by atoms with Crippen LogP contribution in [0, 0.1) is 0 Å². The molecule has 0 saturated carbocycles. The first-order valence-electron chi connectivity index (χ1n) is 7.09. The van der Waals surface area contributed by atoms with E-state index in [-0.39, 0.29) is 10.1 Å². The normalized spacial score (nSPS) is 15.0. The highest BCUT2D eigenvalue weighted by atomic mass is 32.2. The zero-order valence-electron chi connectivity index (χ0n) is 13.6. The first-order valence-corrected chi connectivity index (χ1v) is 11.6. The summed E-state index contributed by atoms with van der Waals surface area (Å²) < 4.78 is 28.2. The fourth-order valence-electron chi connectivity index (χ4n) is 1.64. The van der Waals surface area contributed by atoms with E-state index in [9.17, 15) is 13.5 Å². The lowest BCUT2D eigenvalue weighted by Gasteiger charge is -2.36. The molecular formula is C14H26N2O3SSi. The predicted molar refractivity (Wildman–Crippen MR) is 87.0 cm³/mol. The minimum Gasteiger partial charge on any atom is -0.388 e. The van der Waals surface area contributed by atoms with Crippen molar-refractivity contribution < 1.29 is 13.5 Å². The monoisotopic (exact) mass is 330 g/mol. The standard InChI is InChI=1S/C14H26N2O3SSi/c1-7-12(17)11-9-8-10-15-13(11)20(18,19)16-21(5,6)14(2,3)4/h8-10,12,16-17H,7H2,1-6H3. The second-order valence-electron chi connectivity index (χ2n) is 6.80. The fourth-order valence-corrected chi connectivity index (χ4v) is 6.65. The van der Waals surface area contributed by atoms with E-state index >= 15 is 0 Å². The first-order chi connectivity index (χ1) is 9.42. The third-order valence-corrected chi connectivity index (χ3v) is 11.8. The van der Waals surface area contributed by atoms with E-state index in [4.69, 9.17) is 0 Å². The molecule has 1 heterocycles. The van der Waals surface area contributed by atoms with Crippen LogP contribution in [0.15, 0.2) is 23.4 Å². The molecule has 0 aliphatic carbocycles. The van der Waals surface area contributed by atoms with E-state index in [1.807, 2.05) is 33.9 Å². The maximum absolute atomic E-state index is 12.7. The van der Waals surface area contributed by atoms with Crippen LogP contribution in [0.4, 0.5) is 0 Å². The van der Waals surface area contributed by atoms with E-state index in [0.717, 1.165) is 0 Å². The fraction of sp³-hybridized carbons (Fsp3) is 0.643. The van der Waals surface area contributed by atoms with Crippen LogP contribution >= 0.6 is 0 Å². The molecule has 0 amide bonds. The van der Waals surface area contributed by atoms with Gasteiger partial charge in [-0.15, -0.1) is 0 Å². The van der Waals surface area contributed by atoms with Gasteiger partial charge in [-0.1, -0.05) is 46.9 Å². The SMILES string of the molecule is CCC(O)c1cccnc1S(=O)(=O)N[Si](C)(C)C(C)(C)C. The van der Waals surface area contributed by atoms with Gasteiger partial charge in [0, 0.05) is 11.8 Å². The summed E-state index contributed by atoms with van der Waals surface area (Å²) in [5.74, 6) is 0. The maximum atomic E-state index is 12.7. The number of hydrogen-bond acceptors (Lipinski definition) is 4. The van der Waals surface area contributed by atoms with Crippen LogP contribution in [0.3, 0.4) is 0 Å². The molecule has 0 radical (unpaired) electrons. The second-order valence-corrected chi connectivity index (χ2v) is 13.8. The maximum Gasteiger partial charge on any atom is 0.252 e. The van der Waals surface area contributed by atoms with Gasteiger partial charge in [0.1, 0.15) is 8.24 Å². The zero-order chi connectivity index (χ0) is 16.5. The van der Waals surface area contributed by atoms with Crippen molar-refractivity contribution in [1.29, 1.82) is 0 Å². The Kier molecular flexibility index (Phi) is 5.36. The molecular weight excluding hydrogens is 304 g/mol. The van der Waals surface area contributed by atoms with Crippen LogP contribution in [-0.4, -0.2) is 26.7 Å². The van der Waals surface area contributed by atoms with Gasteiger partial charge in [0.15, 0.2) is 5.03 Å². The molecule has 1 aromatic heterocycles. The summed E-state index contributed by atoms with van der Waals surface area (Å²) in [6, 6.07) is 3.25. The van der Waals surface area contributed by atoms with Crippen molar-refractivity contribution in [3.05, 3.63) is 23.9 Å². The molecule has 7 heteroatoms. The number of nitrogens with zero attached hydrogens (tertiary/aromatic N) is 1. The van der Waals surface area contributed by atoms with Crippen molar-refractivity contribution in [3.63, 3.8) is 0 Å².